The van der Waals surface area contributed by atoms with Crippen LogP contribution in [0, 0.1) is 0 Å². The van der Waals surface area contributed by atoms with E-state index in [2.05, 4.69) is 43.3 Å². The number of para-hydroxylation sites is 1. The molecule has 1 aliphatic heterocycles. The number of carbonyl (C=O) groups excluding carboxylic acids is 1. The summed E-state index contributed by atoms with van der Waals surface area (Å²) in [5.41, 5.74) is 3.33. The van der Waals surface area contributed by atoms with Crippen LogP contribution in [-0.2, 0) is 5.54 Å². The van der Waals surface area contributed by atoms with Crippen LogP contribution in [-0.4, -0.2) is 26.0 Å². The van der Waals surface area contributed by atoms with Gasteiger partial charge in [-0.05, 0) is 59.6 Å². The third-order valence-corrected chi connectivity index (χ3v) is 6.06. The van der Waals surface area contributed by atoms with Gasteiger partial charge < -0.3 is 15.6 Å². The molecule has 7 heteroatoms. The SMILES string of the molecule is C[C@H]1NC(=O)c2cc(-c3cccc4c(=O)n(C5(C)CC5)c(NC(C)(C)C)nc34)[nH]c21. The second kappa shape index (κ2) is 5.97. The number of H-pyrrole nitrogens is 1. The van der Waals surface area contributed by atoms with E-state index in [4.69, 9.17) is 4.98 Å². The van der Waals surface area contributed by atoms with E-state index in [0.717, 1.165) is 29.8 Å². The molecule has 1 aliphatic carbocycles. The fraction of sp³-hybridized carbons (Fsp3) is 0.435. The van der Waals surface area contributed by atoms with Crippen LogP contribution in [0.3, 0.4) is 0 Å². The summed E-state index contributed by atoms with van der Waals surface area (Å²) in [5.74, 6) is 0.518. The van der Waals surface area contributed by atoms with Gasteiger partial charge in [0.15, 0.2) is 0 Å². The van der Waals surface area contributed by atoms with Gasteiger partial charge in [-0.15, -0.1) is 0 Å². The lowest BCUT2D eigenvalue weighted by molar-refractivity contribution is 0.0958. The van der Waals surface area contributed by atoms with Crippen molar-refractivity contribution in [2.75, 3.05) is 5.32 Å². The number of hydrogen-bond donors (Lipinski definition) is 3. The first-order valence-electron chi connectivity index (χ1n) is 10.5. The van der Waals surface area contributed by atoms with Crippen LogP contribution < -0.4 is 16.2 Å². The molecule has 3 N–H and O–H groups in total. The fourth-order valence-electron chi connectivity index (χ4n) is 4.24. The van der Waals surface area contributed by atoms with Gasteiger partial charge in [-0.2, -0.15) is 0 Å². The van der Waals surface area contributed by atoms with E-state index in [0.29, 0.717) is 22.4 Å². The predicted molar refractivity (Wildman–Crippen MR) is 118 cm³/mol. The number of carbonyl (C=O) groups is 1. The number of aromatic amines is 1. The number of benzene rings is 1. The second-order valence-electron chi connectivity index (χ2n) is 9.86. The Hall–Kier alpha value is -3.09. The van der Waals surface area contributed by atoms with E-state index < -0.39 is 0 Å². The minimum Gasteiger partial charge on any atom is -0.356 e. The molecular formula is C23H27N5O2. The van der Waals surface area contributed by atoms with Gasteiger partial charge in [0.2, 0.25) is 5.95 Å². The number of nitrogens with one attached hydrogen (secondary N) is 3. The molecule has 7 nitrogen and oxygen atoms in total. The molecule has 1 amide bonds. The van der Waals surface area contributed by atoms with E-state index >= 15 is 0 Å². The van der Waals surface area contributed by atoms with Crippen molar-refractivity contribution >= 4 is 22.8 Å². The van der Waals surface area contributed by atoms with E-state index in [1.807, 2.05) is 35.8 Å². The highest BCUT2D eigenvalue weighted by atomic mass is 16.2. The summed E-state index contributed by atoms with van der Waals surface area (Å²) in [7, 11) is 0. The molecule has 2 aliphatic rings. The van der Waals surface area contributed by atoms with Crippen LogP contribution in [0.1, 0.15) is 69.6 Å². The number of rotatable bonds is 3. The first-order valence-corrected chi connectivity index (χ1v) is 10.5. The fourth-order valence-corrected chi connectivity index (χ4v) is 4.24. The van der Waals surface area contributed by atoms with Crippen molar-refractivity contribution in [3.05, 3.63) is 45.9 Å². The molecule has 2 aromatic heterocycles. The number of amides is 1. The van der Waals surface area contributed by atoms with Crippen LogP contribution in [0.15, 0.2) is 29.1 Å². The highest BCUT2D eigenvalue weighted by Crippen LogP contribution is 2.44. The lowest BCUT2D eigenvalue weighted by Gasteiger charge is -2.27. The molecule has 1 atom stereocenters. The number of hydrogen-bond acceptors (Lipinski definition) is 4. The maximum absolute atomic E-state index is 13.6. The van der Waals surface area contributed by atoms with Gasteiger partial charge in [-0.3, -0.25) is 14.2 Å². The zero-order valence-corrected chi connectivity index (χ0v) is 18.0. The summed E-state index contributed by atoms with van der Waals surface area (Å²) >= 11 is 0. The normalized spacial score (nSPS) is 19.6. The van der Waals surface area contributed by atoms with Crippen LogP contribution in [0.4, 0.5) is 5.95 Å². The van der Waals surface area contributed by atoms with Crippen LogP contribution >= 0.6 is 0 Å². The maximum atomic E-state index is 13.6. The first-order chi connectivity index (χ1) is 14.1. The van der Waals surface area contributed by atoms with Crippen molar-refractivity contribution in [3.63, 3.8) is 0 Å². The van der Waals surface area contributed by atoms with Crippen molar-refractivity contribution in [2.45, 2.75) is 64.6 Å². The Kier molecular flexibility index (Phi) is 3.76. The van der Waals surface area contributed by atoms with Crippen LogP contribution in [0.5, 0.6) is 0 Å². The second-order valence-corrected chi connectivity index (χ2v) is 9.86. The molecule has 1 saturated carbocycles. The Bertz CT molecular complexity index is 1260. The summed E-state index contributed by atoms with van der Waals surface area (Å²) in [6, 6.07) is 7.46. The predicted octanol–water partition coefficient (Wildman–Crippen LogP) is 3.92. The summed E-state index contributed by atoms with van der Waals surface area (Å²) < 4.78 is 1.83. The quantitative estimate of drug-likeness (QED) is 0.616. The summed E-state index contributed by atoms with van der Waals surface area (Å²) in [5, 5.41) is 6.93. The van der Waals surface area contributed by atoms with Gasteiger partial charge in [-0.25, -0.2) is 4.98 Å². The molecule has 0 spiro atoms. The van der Waals surface area contributed by atoms with Crippen molar-refractivity contribution in [3.8, 4) is 11.3 Å². The van der Waals surface area contributed by atoms with Crippen LogP contribution in [0.25, 0.3) is 22.2 Å². The lowest BCUT2D eigenvalue weighted by atomic mass is 10.1. The number of nitrogens with zero attached hydrogens (tertiary/aromatic N) is 2. The minimum absolute atomic E-state index is 0.0289. The molecule has 30 heavy (non-hydrogen) atoms. The molecule has 1 aromatic carbocycles. The lowest BCUT2D eigenvalue weighted by Crippen LogP contribution is -2.36. The Morgan fingerprint density at radius 3 is 2.57 bits per heavy atom. The zero-order valence-electron chi connectivity index (χ0n) is 18.0. The minimum atomic E-state index is -0.240. The monoisotopic (exact) mass is 405 g/mol. The van der Waals surface area contributed by atoms with E-state index in [1.165, 1.54) is 0 Å². The van der Waals surface area contributed by atoms with Gasteiger partial charge in [0.1, 0.15) is 0 Å². The summed E-state index contributed by atoms with van der Waals surface area (Å²) in [4.78, 5) is 34.1. The topological polar surface area (TPSA) is 91.8 Å². The Morgan fingerprint density at radius 1 is 1.20 bits per heavy atom. The number of anilines is 1. The van der Waals surface area contributed by atoms with Crippen molar-refractivity contribution in [1.29, 1.82) is 0 Å². The highest BCUT2D eigenvalue weighted by molar-refractivity contribution is 6.01. The smallest absolute Gasteiger partial charge is 0.263 e. The maximum Gasteiger partial charge on any atom is 0.263 e. The summed E-state index contributed by atoms with van der Waals surface area (Å²) in [6.45, 7) is 10.2. The van der Waals surface area contributed by atoms with Gasteiger partial charge in [0.05, 0.1) is 28.2 Å². The Labute approximate surface area is 174 Å². The van der Waals surface area contributed by atoms with Gasteiger partial charge in [0, 0.05) is 22.3 Å². The van der Waals surface area contributed by atoms with E-state index in [-0.39, 0.29) is 28.6 Å². The number of fused-ring (bicyclic) bond motifs is 2. The Balaban J connectivity index is 1.76. The van der Waals surface area contributed by atoms with Gasteiger partial charge in [0.25, 0.3) is 11.5 Å². The van der Waals surface area contributed by atoms with Crippen molar-refractivity contribution < 1.29 is 4.79 Å². The molecule has 0 bridgehead atoms. The largest absolute Gasteiger partial charge is 0.356 e. The molecular weight excluding hydrogens is 378 g/mol. The third kappa shape index (κ3) is 2.83. The first kappa shape index (κ1) is 18.9. The van der Waals surface area contributed by atoms with Crippen molar-refractivity contribution in [2.24, 2.45) is 0 Å². The highest BCUT2D eigenvalue weighted by Gasteiger charge is 2.43. The van der Waals surface area contributed by atoms with Crippen LogP contribution in [0.2, 0.25) is 0 Å². The summed E-state index contributed by atoms with van der Waals surface area (Å²) in [6.07, 6.45) is 1.93. The Morgan fingerprint density at radius 2 is 1.93 bits per heavy atom. The van der Waals surface area contributed by atoms with Gasteiger partial charge in [-0.1, -0.05) is 12.1 Å². The standard InChI is InChI=1S/C23H27N5O2/c1-12-17-15(19(29)24-12)11-16(25-17)13-7-6-8-14-18(13)26-21(27-22(2,3)4)28(20(14)30)23(5)9-10-23/h6-8,11-12,25H,9-10H2,1-5H3,(H,24,29)(H,26,27)/t12-/m1/s1. The molecule has 156 valence electrons. The molecule has 3 heterocycles. The number of aromatic nitrogens is 3. The molecule has 0 radical (unpaired) electrons. The molecule has 1 fully saturated rings. The molecule has 0 unspecified atom stereocenters. The van der Waals surface area contributed by atoms with E-state index in [1.54, 1.807) is 0 Å². The molecule has 3 aromatic rings. The average Bonchev–Trinajstić information content (AvgIpc) is 3.12. The third-order valence-electron chi connectivity index (χ3n) is 6.06. The van der Waals surface area contributed by atoms with Crippen molar-refractivity contribution in [1.82, 2.24) is 19.9 Å². The van der Waals surface area contributed by atoms with E-state index in [9.17, 15) is 9.59 Å². The molecule has 5 rings (SSSR count). The zero-order chi connectivity index (χ0) is 21.4. The van der Waals surface area contributed by atoms with Gasteiger partial charge >= 0.3 is 0 Å². The average molecular weight is 406 g/mol. The molecule has 0 saturated heterocycles.